The first-order valence-electron chi connectivity index (χ1n) is 6.53. The molecule has 21 heavy (non-hydrogen) atoms. The Bertz CT molecular complexity index is 685. The zero-order valence-corrected chi connectivity index (χ0v) is 11.1. The molecule has 1 heterocycles. The van der Waals surface area contributed by atoms with Crippen molar-refractivity contribution in [3.05, 3.63) is 71.8 Å². The number of hydrogen-bond acceptors (Lipinski definition) is 4. The lowest BCUT2D eigenvalue weighted by Gasteiger charge is -2.25. The molecule has 3 rings (SSSR count). The van der Waals surface area contributed by atoms with Crippen molar-refractivity contribution in [2.45, 2.75) is 11.7 Å². The van der Waals surface area contributed by atoms with Crippen LogP contribution in [0.4, 0.5) is 0 Å². The fourth-order valence-electron chi connectivity index (χ4n) is 2.40. The Morgan fingerprint density at radius 3 is 2.19 bits per heavy atom. The summed E-state index contributed by atoms with van der Waals surface area (Å²) < 4.78 is 0. The molecule has 1 amide bonds. The van der Waals surface area contributed by atoms with Crippen LogP contribution in [0.3, 0.4) is 0 Å². The molecule has 0 saturated carbocycles. The van der Waals surface area contributed by atoms with Gasteiger partial charge in [0.15, 0.2) is 0 Å². The standard InChI is InChI=1S/C16H14N2O3/c19-13(11-7-3-1-4-8-11)14-16(21,15(20)18-17-14)12-9-5-2-6-10-12/h1-10,13,19,21H,(H,18,20). The van der Waals surface area contributed by atoms with Crippen molar-refractivity contribution in [2.24, 2.45) is 5.10 Å². The first-order chi connectivity index (χ1) is 10.1. The van der Waals surface area contributed by atoms with E-state index in [0.29, 0.717) is 11.1 Å². The summed E-state index contributed by atoms with van der Waals surface area (Å²) in [5.74, 6) is -0.668. The molecule has 0 spiro atoms. The number of aliphatic hydroxyl groups is 2. The summed E-state index contributed by atoms with van der Waals surface area (Å²) in [5.41, 5.74) is 1.19. The number of carbonyl (C=O) groups excluding carboxylic acids is 1. The zero-order chi connectivity index (χ0) is 14.9. The molecule has 0 fully saturated rings. The molecule has 0 radical (unpaired) electrons. The smallest absolute Gasteiger partial charge is 0.282 e. The van der Waals surface area contributed by atoms with Crippen LogP contribution in [0.2, 0.25) is 0 Å². The van der Waals surface area contributed by atoms with Gasteiger partial charge in [-0.05, 0) is 11.1 Å². The second kappa shape index (κ2) is 5.12. The summed E-state index contributed by atoms with van der Waals surface area (Å²) in [6, 6.07) is 17.2. The number of aliphatic hydroxyl groups excluding tert-OH is 1. The van der Waals surface area contributed by atoms with Crippen LogP contribution < -0.4 is 5.43 Å². The molecule has 2 aromatic carbocycles. The van der Waals surface area contributed by atoms with Gasteiger partial charge in [0.1, 0.15) is 11.8 Å². The molecule has 1 aliphatic heterocycles. The van der Waals surface area contributed by atoms with E-state index < -0.39 is 17.6 Å². The van der Waals surface area contributed by atoms with Gasteiger partial charge in [0, 0.05) is 0 Å². The van der Waals surface area contributed by atoms with Crippen molar-refractivity contribution in [1.82, 2.24) is 5.43 Å². The van der Waals surface area contributed by atoms with E-state index in [9.17, 15) is 15.0 Å². The van der Waals surface area contributed by atoms with Gasteiger partial charge in [-0.25, -0.2) is 5.43 Å². The van der Waals surface area contributed by atoms with Gasteiger partial charge in [-0.15, -0.1) is 0 Å². The zero-order valence-electron chi connectivity index (χ0n) is 11.1. The minimum absolute atomic E-state index is 0.0232. The van der Waals surface area contributed by atoms with Gasteiger partial charge in [0.2, 0.25) is 5.60 Å². The molecule has 2 unspecified atom stereocenters. The number of nitrogens with one attached hydrogen (secondary N) is 1. The summed E-state index contributed by atoms with van der Waals surface area (Å²) in [7, 11) is 0. The van der Waals surface area contributed by atoms with Crippen molar-refractivity contribution in [1.29, 1.82) is 0 Å². The van der Waals surface area contributed by atoms with Gasteiger partial charge in [-0.3, -0.25) is 4.79 Å². The van der Waals surface area contributed by atoms with Crippen LogP contribution in [-0.4, -0.2) is 21.8 Å². The molecule has 5 heteroatoms. The van der Waals surface area contributed by atoms with Gasteiger partial charge in [0.25, 0.3) is 5.91 Å². The van der Waals surface area contributed by atoms with E-state index in [-0.39, 0.29) is 5.71 Å². The number of rotatable bonds is 3. The first kappa shape index (κ1) is 13.5. The van der Waals surface area contributed by atoms with Crippen molar-refractivity contribution in [2.75, 3.05) is 0 Å². The highest BCUT2D eigenvalue weighted by Gasteiger charge is 2.50. The average molecular weight is 282 g/mol. The second-order valence-corrected chi connectivity index (χ2v) is 4.83. The number of hydrazone groups is 1. The van der Waals surface area contributed by atoms with Gasteiger partial charge in [-0.1, -0.05) is 60.7 Å². The van der Waals surface area contributed by atoms with E-state index in [0.717, 1.165) is 0 Å². The van der Waals surface area contributed by atoms with Crippen molar-refractivity contribution < 1.29 is 15.0 Å². The Morgan fingerprint density at radius 1 is 1.00 bits per heavy atom. The summed E-state index contributed by atoms with van der Waals surface area (Å²) in [4.78, 5) is 12.1. The number of hydrogen-bond donors (Lipinski definition) is 3. The summed E-state index contributed by atoms with van der Waals surface area (Å²) in [6.07, 6.45) is -1.17. The third kappa shape index (κ3) is 2.12. The van der Waals surface area contributed by atoms with Gasteiger partial charge in [0.05, 0.1) is 0 Å². The minimum Gasteiger partial charge on any atom is -0.382 e. The average Bonchev–Trinajstić information content (AvgIpc) is 2.85. The lowest BCUT2D eigenvalue weighted by molar-refractivity contribution is -0.132. The normalized spacial score (nSPS) is 22.6. The summed E-state index contributed by atoms with van der Waals surface area (Å²) in [5, 5.41) is 25.1. The Morgan fingerprint density at radius 2 is 1.57 bits per heavy atom. The Kier molecular flexibility index (Phi) is 3.29. The lowest BCUT2D eigenvalue weighted by atomic mass is 9.84. The number of amides is 1. The molecule has 106 valence electrons. The molecule has 1 aliphatic rings. The molecule has 2 atom stereocenters. The number of nitrogens with zero attached hydrogens (tertiary/aromatic N) is 1. The molecule has 3 N–H and O–H groups in total. The molecule has 5 nitrogen and oxygen atoms in total. The maximum absolute atomic E-state index is 12.1. The first-order valence-corrected chi connectivity index (χ1v) is 6.53. The van der Waals surface area contributed by atoms with E-state index in [2.05, 4.69) is 10.5 Å². The summed E-state index contributed by atoms with van der Waals surface area (Å²) >= 11 is 0. The van der Waals surface area contributed by atoms with E-state index in [1.807, 2.05) is 6.07 Å². The largest absolute Gasteiger partial charge is 0.382 e. The highest BCUT2D eigenvalue weighted by molar-refractivity contribution is 6.17. The maximum Gasteiger partial charge on any atom is 0.282 e. The molecule has 0 saturated heterocycles. The number of carbonyl (C=O) groups is 1. The van der Waals surface area contributed by atoms with Crippen molar-refractivity contribution in [3.8, 4) is 0 Å². The topological polar surface area (TPSA) is 81.9 Å². The fourth-order valence-corrected chi connectivity index (χ4v) is 2.40. The maximum atomic E-state index is 12.1. The molecule has 2 aromatic rings. The molecule has 0 aliphatic carbocycles. The minimum atomic E-state index is -1.96. The monoisotopic (exact) mass is 282 g/mol. The fraction of sp³-hybridized carbons (Fsp3) is 0.125. The Labute approximate surface area is 121 Å². The van der Waals surface area contributed by atoms with Crippen LogP contribution in [0.1, 0.15) is 17.2 Å². The van der Waals surface area contributed by atoms with E-state index >= 15 is 0 Å². The van der Waals surface area contributed by atoms with Gasteiger partial charge in [-0.2, -0.15) is 5.10 Å². The van der Waals surface area contributed by atoms with Crippen LogP contribution in [-0.2, 0) is 10.4 Å². The SMILES string of the molecule is O=C1NN=C(C(O)c2ccccc2)C1(O)c1ccccc1. The van der Waals surface area contributed by atoms with Crippen molar-refractivity contribution in [3.63, 3.8) is 0 Å². The Hall–Kier alpha value is -2.50. The van der Waals surface area contributed by atoms with Crippen LogP contribution in [0.5, 0.6) is 0 Å². The van der Waals surface area contributed by atoms with Gasteiger partial charge < -0.3 is 10.2 Å². The quantitative estimate of drug-likeness (QED) is 0.788. The van der Waals surface area contributed by atoms with Gasteiger partial charge >= 0.3 is 0 Å². The van der Waals surface area contributed by atoms with E-state index in [1.165, 1.54) is 0 Å². The molecular formula is C16H14N2O3. The third-order valence-electron chi connectivity index (χ3n) is 3.54. The lowest BCUT2D eigenvalue weighted by Crippen LogP contribution is -2.44. The highest BCUT2D eigenvalue weighted by Crippen LogP contribution is 2.32. The summed E-state index contributed by atoms with van der Waals surface area (Å²) in [6.45, 7) is 0. The molecule has 0 bridgehead atoms. The highest BCUT2D eigenvalue weighted by atomic mass is 16.3. The molecular weight excluding hydrogens is 268 g/mol. The number of benzene rings is 2. The van der Waals surface area contributed by atoms with Crippen molar-refractivity contribution >= 4 is 11.6 Å². The third-order valence-corrected chi connectivity index (χ3v) is 3.54. The molecule has 0 aromatic heterocycles. The predicted octanol–water partition coefficient (Wildman–Crippen LogP) is 1.09. The van der Waals surface area contributed by atoms with E-state index in [1.54, 1.807) is 54.6 Å². The van der Waals surface area contributed by atoms with Crippen LogP contribution >= 0.6 is 0 Å². The predicted molar refractivity (Wildman–Crippen MR) is 77.3 cm³/mol. The van der Waals surface area contributed by atoms with Crippen LogP contribution in [0, 0.1) is 0 Å². The van der Waals surface area contributed by atoms with E-state index in [4.69, 9.17) is 0 Å². The van der Waals surface area contributed by atoms with Crippen LogP contribution in [0.25, 0.3) is 0 Å². The van der Waals surface area contributed by atoms with Crippen LogP contribution in [0.15, 0.2) is 65.8 Å². The second-order valence-electron chi connectivity index (χ2n) is 4.83. The Balaban J connectivity index is 2.04.